The van der Waals surface area contributed by atoms with E-state index in [1.165, 1.54) is 45.7 Å². The van der Waals surface area contributed by atoms with Gasteiger partial charge in [0.25, 0.3) is 5.91 Å². The molecule has 1 aliphatic rings. The molecule has 1 fully saturated rings. The first-order valence-corrected chi connectivity index (χ1v) is 10.2. The second-order valence-corrected chi connectivity index (χ2v) is 7.92. The van der Waals surface area contributed by atoms with Crippen molar-refractivity contribution in [3.05, 3.63) is 51.9 Å². The van der Waals surface area contributed by atoms with Crippen molar-refractivity contribution < 1.29 is 34.0 Å². The molecule has 0 radical (unpaired) electrons. The number of aromatic hydroxyl groups is 1. The van der Waals surface area contributed by atoms with Crippen molar-refractivity contribution in [1.29, 1.82) is 0 Å². The normalized spacial score (nSPS) is 15.0. The highest BCUT2D eigenvalue weighted by atomic mass is 32.2. The Balaban J connectivity index is 1.92. The van der Waals surface area contributed by atoms with E-state index in [2.05, 4.69) is 5.10 Å². The van der Waals surface area contributed by atoms with Gasteiger partial charge in [-0.05, 0) is 48.1 Å². The molecule has 32 heavy (non-hydrogen) atoms. The van der Waals surface area contributed by atoms with E-state index in [0.29, 0.717) is 10.5 Å². The molecular formula is C21H18N2O7S2. The van der Waals surface area contributed by atoms with E-state index in [-0.39, 0.29) is 38.4 Å². The number of hydrogen-bond acceptors (Lipinski definition) is 9. The summed E-state index contributed by atoms with van der Waals surface area (Å²) in [5.74, 6) is -1.18. The maximum atomic E-state index is 12.8. The number of thioether (sulfide) groups is 1. The van der Waals surface area contributed by atoms with Crippen LogP contribution in [-0.2, 0) is 4.79 Å². The molecule has 0 aliphatic carbocycles. The van der Waals surface area contributed by atoms with Gasteiger partial charge in [-0.1, -0.05) is 17.8 Å². The monoisotopic (exact) mass is 474 g/mol. The molecule has 166 valence electrons. The van der Waals surface area contributed by atoms with Crippen molar-refractivity contribution in [3.8, 4) is 23.0 Å². The number of amides is 1. The van der Waals surface area contributed by atoms with Gasteiger partial charge in [-0.3, -0.25) is 4.79 Å². The van der Waals surface area contributed by atoms with Crippen molar-refractivity contribution >= 4 is 52.5 Å². The number of aromatic carboxylic acids is 1. The molecule has 1 heterocycles. The molecular weight excluding hydrogens is 456 g/mol. The Kier molecular flexibility index (Phi) is 7.01. The van der Waals surface area contributed by atoms with Crippen LogP contribution in [0.15, 0.2) is 40.3 Å². The fourth-order valence-electron chi connectivity index (χ4n) is 2.88. The van der Waals surface area contributed by atoms with E-state index in [0.717, 1.165) is 16.8 Å². The minimum absolute atomic E-state index is 0.0223. The predicted octanol–water partition coefficient (Wildman–Crippen LogP) is 3.35. The van der Waals surface area contributed by atoms with Crippen LogP contribution in [0.25, 0.3) is 6.08 Å². The van der Waals surface area contributed by atoms with Gasteiger partial charge in [-0.2, -0.15) is 10.1 Å². The molecule has 1 saturated heterocycles. The summed E-state index contributed by atoms with van der Waals surface area (Å²) < 4.78 is 15.6. The molecule has 3 rings (SSSR count). The molecule has 1 aliphatic heterocycles. The molecule has 0 bridgehead atoms. The average Bonchev–Trinajstić information content (AvgIpc) is 3.04. The van der Waals surface area contributed by atoms with E-state index in [4.69, 9.17) is 26.4 Å². The number of thiocarbonyl (C=S) groups is 1. The highest BCUT2D eigenvalue weighted by Gasteiger charge is 2.32. The number of rotatable bonds is 7. The maximum absolute atomic E-state index is 12.8. The van der Waals surface area contributed by atoms with Gasteiger partial charge in [0.2, 0.25) is 0 Å². The molecule has 2 N–H and O–H groups in total. The SMILES string of the molecule is COc1cc(/C=C2/SC(=S)N(/N=C/c3ccc(OC)c(OC)c3C(=O)O)C2=O)ccc1O. The molecule has 0 spiro atoms. The van der Waals surface area contributed by atoms with Crippen LogP contribution < -0.4 is 14.2 Å². The van der Waals surface area contributed by atoms with Gasteiger partial charge in [0.1, 0.15) is 5.56 Å². The van der Waals surface area contributed by atoms with Crippen molar-refractivity contribution in [2.75, 3.05) is 21.3 Å². The molecule has 9 nitrogen and oxygen atoms in total. The third-order valence-corrected chi connectivity index (χ3v) is 5.66. The summed E-state index contributed by atoms with van der Waals surface area (Å²) in [7, 11) is 4.15. The summed E-state index contributed by atoms with van der Waals surface area (Å²) in [6.45, 7) is 0. The van der Waals surface area contributed by atoms with Crippen LogP contribution >= 0.6 is 24.0 Å². The van der Waals surface area contributed by atoms with E-state index < -0.39 is 11.9 Å². The zero-order valence-corrected chi connectivity index (χ0v) is 18.8. The number of carbonyl (C=O) groups excluding carboxylic acids is 1. The van der Waals surface area contributed by atoms with Crippen LogP contribution in [0.3, 0.4) is 0 Å². The molecule has 2 aromatic carbocycles. The standard InChI is InChI=1S/C21H18N2O7S2/c1-28-14-7-5-12(17(20(26)27)18(14)30-3)10-22-23-19(25)16(32-21(23)31)9-11-4-6-13(24)15(8-11)29-2/h4-10,24H,1-3H3,(H,26,27)/b16-9+,22-10+. The first-order chi connectivity index (χ1) is 15.3. The quantitative estimate of drug-likeness (QED) is 0.354. The number of phenolic OH excluding ortho intramolecular Hbond substituents is 1. The largest absolute Gasteiger partial charge is 0.504 e. The highest BCUT2D eigenvalue weighted by Crippen LogP contribution is 2.36. The topological polar surface area (TPSA) is 118 Å². The van der Waals surface area contributed by atoms with Gasteiger partial charge >= 0.3 is 5.97 Å². The number of methoxy groups -OCH3 is 3. The Morgan fingerprint density at radius 3 is 2.47 bits per heavy atom. The summed E-state index contributed by atoms with van der Waals surface area (Å²) in [6, 6.07) is 7.68. The Morgan fingerprint density at radius 2 is 1.84 bits per heavy atom. The minimum atomic E-state index is -1.24. The number of carboxylic acid groups (broad SMARTS) is 1. The summed E-state index contributed by atoms with van der Waals surface area (Å²) in [5.41, 5.74) is 0.668. The molecule has 2 aromatic rings. The fourth-order valence-corrected chi connectivity index (χ4v) is 4.06. The van der Waals surface area contributed by atoms with Crippen LogP contribution in [-0.4, -0.2) is 59.0 Å². The van der Waals surface area contributed by atoms with Gasteiger partial charge in [0.15, 0.2) is 27.3 Å². The minimum Gasteiger partial charge on any atom is -0.504 e. The molecule has 1 amide bonds. The first kappa shape index (κ1) is 23.1. The first-order valence-electron chi connectivity index (χ1n) is 8.98. The lowest BCUT2D eigenvalue weighted by atomic mass is 10.1. The second-order valence-electron chi connectivity index (χ2n) is 6.24. The van der Waals surface area contributed by atoms with Crippen molar-refractivity contribution in [1.82, 2.24) is 5.01 Å². The van der Waals surface area contributed by atoms with E-state index in [9.17, 15) is 19.8 Å². The van der Waals surface area contributed by atoms with Gasteiger partial charge in [-0.25, -0.2) is 4.79 Å². The molecule has 0 saturated carbocycles. The lowest BCUT2D eigenvalue weighted by molar-refractivity contribution is -0.122. The lowest BCUT2D eigenvalue weighted by Gasteiger charge is -2.13. The van der Waals surface area contributed by atoms with Gasteiger partial charge in [-0.15, -0.1) is 0 Å². The Morgan fingerprint density at radius 1 is 1.12 bits per heavy atom. The van der Waals surface area contributed by atoms with Crippen LogP contribution in [0, 0.1) is 0 Å². The Bertz CT molecular complexity index is 1160. The Labute approximate surface area is 192 Å². The smallest absolute Gasteiger partial charge is 0.340 e. The number of hydrazone groups is 1. The maximum Gasteiger partial charge on any atom is 0.340 e. The molecule has 0 atom stereocenters. The number of benzene rings is 2. The van der Waals surface area contributed by atoms with Crippen LogP contribution in [0.5, 0.6) is 23.0 Å². The van der Waals surface area contributed by atoms with E-state index in [1.54, 1.807) is 18.2 Å². The predicted molar refractivity (Wildman–Crippen MR) is 124 cm³/mol. The molecule has 0 aromatic heterocycles. The lowest BCUT2D eigenvalue weighted by Crippen LogP contribution is -2.22. The van der Waals surface area contributed by atoms with Crippen LogP contribution in [0.2, 0.25) is 0 Å². The average molecular weight is 475 g/mol. The molecule has 0 unspecified atom stereocenters. The highest BCUT2D eigenvalue weighted by molar-refractivity contribution is 8.26. The number of phenols is 1. The van der Waals surface area contributed by atoms with Gasteiger partial charge in [0, 0.05) is 5.56 Å². The Hall–Kier alpha value is -3.57. The summed E-state index contributed by atoms with van der Waals surface area (Å²) in [5, 5.41) is 24.4. The van der Waals surface area contributed by atoms with E-state index in [1.807, 2.05) is 0 Å². The molecule has 11 heteroatoms. The van der Waals surface area contributed by atoms with Crippen LogP contribution in [0.1, 0.15) is 21.5 Å². The van der Waals surface area contributed by atoms with E-state index >= 15 is 0 Å². The number of ether oxygens (including phenoxy) is 3. The summed E-state index contributed by atoms with van der Waals surface area (Å²) >= 11 is 6.30. The number of carbonyl (C=O) groups is 2. The zero-order valence-electron chi connectivity index (χ0n) is 17.2. The summed E-state index contributed by atoms with van der Waals surface area (Å²) in [6.07, 6.45) is 2.82. The van der Waals surface area contributed by atoms with Crippen molar-refractivity contribution in [2.24, 2.45) is 5.10 Å². The number of nitrogens with zero attached hydrogens (tertiary/aromatic N) is 2. The number of hydrogen-bond donors (Lipinski definition) is 2. The van der Waals surface area contributed by atoms with Gasteiger partial charge < -0.3 is 24.4 Å². The van der Waals surface area contributed by atoms with Crippen LogP contribution in [0.4, 0.5) is 0 Å². The summed E-state index contributed by atoms with van der Waals surface area (Å²) in [4.78, 5) is 24.9. The van der Waals surface area contributed by atoms with Crippen molar-refractivity contribution in [2.45, 2.75) is 0 Å². The second kappa shape index (κ2) is 9.71. The van der Waals surface area contributed by atoms with Crippen molar-refractivity contribution in [3.63, 3.8) is 0 Å². The fraction of sp³-hybridized carbons (Fsp3) is 0.143. The van der Waals surface area contributed by atoms with Gasteiger partial charge in [0.05, 0.1) is 32.4 Å². The zero-order chi connectivity index (χ0) is 23.4. The third kappa shape index (κ3) is 4.53. The third-order valence-electron chi connectivity index (χ3n) is 4.38. The number of carboxylic acids is 1.